The van der Waals surface area contributed by atoms with E-state index in [-0.39, 0.29) is 0 Å². The van der Waals surface area contributed by atoms with Gasteiger partial charge in [-0.2, -0.15) is 0 Å². The molecule has 2 rings (SSSR count). The highest BCUT2D eigenvalue weighted by Crippen LogP contribution is 2.33. The summed E-state index contributed by atoms with van der Waals surface area (Å²) in [7, 11) is 0. The highest BCUT2D eigenvalue weighted by Gasteiger charge is 2.31. The summed E-state index contributed by atoms with van der Waals surface area (Å²) in [6.07, 6.45) is 1.66. The smallest absolute Gasteiger partial charge is 0.313 e. The number of furan rings is 1. The van der Waals surface area contributed by atoms with E-state index in [0.717, 1.165) is 22.1 Å². The van der Waals surface area contributed by atoms with Gasteiger partial charge in [-0.25, -0.2) is 0 Å². The molecule has 1 aromatic heterocycles. The molecule has 16 heavy (non-hydrogen) atoms. The average Bonchev–Trinajstić information content (AvgIpc) is 2.60. The van der Waals surface area contributed by atoms with Gasteiger partial charge in [0.1, 0.15) is 5.58 Å². The summed E-state index contributed by atoms with van der Waals surface area (Å²) in [4.78, 5) is 11.3. The van der Waals surface area contributed by atoms with Gasteiger partial charge in [-0.3, -0.25) is 4.79 Å². The predicted molar refractivity (Wildman–Crippen MR) is 61.6 cm³/mol. The number of carboxylic acids is 1. The molecular weight excluding hydrogens is 204 g/mol. The molecule has 0 saturated heterocycles. The molecule has 0 aliphatic heterocycles. The number of carboxylic acid groups (broad SMARTS) is 1. The third-order valence-electron chi connectivity index (χ3n) is 2.99. The second-order valence-corrected chi connectivity index (χ2v) is 4.53. The molecule has 0 unspecified atom stereocenters. The molecule has 3 heteroatoms. The first kappa shape index (κ1) is 10.7. The Bertz CT molecular complexity index is 549. The van der Waals surface area contributed by atoms with Crippen molar-refractivity contribution in [3.63, 3.8) is 0 Å². The number of hydrogen-bond acceptors (Lipinski definition) is 2. The molecule has 3 nitrogen and oxygen atoms in total. The molecule has 0 spiro atoms. The zero-order valence-electron chi connectivity index (χ0n) is 9.57. The highest BCUT2D eigenvalue weighted by molar-refractivity contribution is 5.92. The zero-order valence-corrected chi connectivity index (χ0v) is 9.57. The topological polar surface area (TPSA) is 50.4 Å². The standard InChI is InChI=1S/C13H14O3/c1-8-7-16-10-6-4-5-9(11(8)10)13(2,3)12(14)15/h4-7H,1-3H3,(H,14,15). The van der Waals surface area contributed by atoms with Crippen LogP contribution in [0.3, 0.4) is 0 Å². The summed E-state index contributed by atoms with van der Waals surface area (Å²) in [5, 5.41) is 10.2. The van der Waals surface area contributed by atoms with E-state index in [1.165, 1.54) is 0 Å². The number of rotatable bonds is 2. The maximum absolute atomic E-state index is 11.3. The van der Waals surface area contributed by atoms with Crippen molar-refractivity contribution in [2.75, 3.05) is 0 Å². The predicted octanol–water partition coefficient (Wildman–Crippen LogP) is 3.10. The summed E-state index contributed by atoms with van der Waals surface area (Å²) in [6, 6.07) is 5.52. The van der Waals surface area contributed by atoms with Crippen LogP contribution in [0.15, 0.2) is 28.9 Å². The molecule has 0 atom stereocenters. The molecule has 0 saturated carbocycles. The van der Waals surface area contributed by atoms with Gasteiger partial charge in [-0.1, -0.05) is 12.1 Å². The van der Waals surface area contributed by atoms with E-state index in [1.807, 2.05) is 25.1 Å². The van der Waals surface area contributed by atoms with Crippen molar-refractivity contribution in [3.8, 4) is 0 Å². The van der Waals surface area contributed by atoms with Crippen LogP contribution in [0.25, 0.3) is 11.0 Å². The van der Waals surface area contributed by atoms with Crippen LogP contribution < -0.4 is 0 Å². The van der Waals surface area contributed by atoms with E-state index < -0.39 is 11.4 Å². The SMILES string of the molecule is Cc1coc2cccc(C(C)(C)C(=O)O)c12. The highest BCUT2D eigenvalue weighted by atomic mass is 16.4. The summed E-state index contributed by atoms with van der Waals surface area (Å²) in [5.74, 6) is -0.833. The van der Waals surface area contributed by atoms with E-state index in [9.17, 15) is 9.90 Å². The van der Waals surface area contributed by atoms with Crippen LogP contribution in [-0.2, 0) is 10.2 Å². The minimum Gasteiger partial charge on any atom is -0.481 e. The summed E-state index contributed by atoms with van der Waals surface area (Å²) in [5.41, 5.74) is 1.60. The maximum Gasteiger partial charge on any atom is 0.313 e. The number of fused-ring (bicyclic) bond motifs is 1. The first-order valence-corrected chi connectivity index (χ1v) is 5.15. The Morgan fingerprint density at radius 3 is 2.69 bits per heavy atom. The molecule has 0 bridgehead atoms. The molecule has 1 heterocycles. The van der Waals surface area contributed by atoms with Crippen molar-refractivity contribution >= 4 is 16.9 Å². The maximum atomic E-state index is 11.3. The van der Waals surface area contributed by atoms with Gasteiger partial charge in [0.2, 0.25) is 0 Å². The van der Waals surface area contributed by atoms with Crippen LogP contribution >= 0.6 is 0 Å². The Morgan fingerprint density at radius 1 is 1.38 bits per heavy atom. The van der Waals surface area contributed by atoms with Crippen LogP contribution in [0.1, 0.15) is 25.0 Å². The molecular formula is C13H14O3. The van der Waals surface area contributed by atoms with Crippen LogP contribution in [0.4, 0.5) is 0 Å². The molecule has 84 valence electrons. The molecule has 0 radical (unpaired) electrons. The fraction of sp³-hybridized carbons (Fsp3) is 0.308. The zero-order chi connectivity index (χ0) is 11.9. The molecule has 0 aliphatic carbocycles. The summed E-state index contributed by atoms with van der Waals surface area (Å²) in [6.45, 7) is 5.33. The minimum absolute atomic E-state index is 0.740. The van der Waals surface area contributed by atoms with Crippen LogP contribution in [-0.4, -0.2) is 11.1 Å². The lowest BCUT2D eigenvalue weighted by atomic mass is 9.82. The molecule has 0 amide bonds. The van der Waals surface area contributed by atoms with Gasteiger partial charge in [0.15, 0.2) is 0 Å². The van der Waals surface area contributed by atoms with E-state index in [1.54, 1.807) is 20.1 Å². The third-order valence-corrected chi connectivity index (χ3v) is 2.99. The lowest BCUT2D eigenvalue weighted by Crippen LogP contribution is -2.28. The lowest BCUT2D eigenvalue weighted by molar-refractivity contribution is -0.142. The van der Waals surface area contributed by atoms with Gasteiger partial charge in [-0.05, 0) is 38.0 Å². The molecule has 1 N–H and O–H groups in total. The van der Waals surface area contributed by atoms with Gasteiger partial charge in [0.25, 0.3) is 0 Å². The van der Waals surface area contributed by atoms with Crippen LogP contribution in [0.5, 0.6) is 0 Å². The van der Waals surface area contributed by atoms with E-state index in [4.69, 9.17) is 4.42 Å². The second-order valence-electron chi connectivity index (χ2n) is 4.53. The van der Waals surface area contributed by atoms with Crippen molar-refractivity contribution in [3.05, 3.63) is 35.6 Å². The normalized spacial score (nSPS) is 11.9. The van der Waals surface area contributed by atoms with Gasteiger partial charge in [0, 0.05) is 5.39 Å². The van der Waals surface area contributed by atoms with E-state index >= 15 is 0 Å². The van der Waals surface area contributed by atoms with Crippen molar-refractivity contribution in [1.82, 2.24) is 0 Å². The molecule has 2 aromatic rings. The molecule has 1 aromatic carbocycles. The monoisotopic (exact) mass is 218 g/mol. The lowest BCUT2D eigenvalue weighted by Gasteiger charge is -2.20. The Labute approximate surface area is 93.7 Å². The summed E-state index contributed by atoms with van der Waals surface area (Å²) < 4.78 is 5.37. The van der Waals surface area contributed by atoms with Crippen LogP contribution in [0, 0.1) is 6.92 Å². The third kappa shape index (κ3) is 1.40. The molecule has 0 aliphatic rings. The van der Waals surface area contributed by atoms with E-state index in [0.29, 0.717) is 0 Å². The Hall–Kier alpha value is -1.77. The Balaban J connectivity index is 2.78. The Kier molecular flexibility index (Phi) is 2.26. The van der Waals surface area contributed by atoms with Gasteiger partial charge < -0.3 is 9.52 Å². The van der Waals surface area contributed by atoms with Gasteiger partial charge in [0.05, 0.1) is 11.7 Å². The average molecular weight is 218 g/mol. The fourth-order valence-corrected chi connectivity index (χ4v) is 1.88. The first-order valence-electron chi connectivity index (χ1n) is 5.15. The number of aryl methyl sites for hydroxylation is 1. The minimum atomic E-state index is -0.909. The number of benzene rings is 1. The second kappa shape index (κ2) is 3.37. The van der Waals surface area contributed by atoms with Crippen molar-refractivity contribution in [1.29, 1.82) is 0 Å². The largest absolute Gasteiger partial charge is 0.481 e. The van der Waals surface area contributed by atoms with E-state index in [2.05, 4.69) is 0 Å². The number of hydrogen-bond donors (Lipinski definition) is 1. The van der Waals surface area contributed by atoms with Gasteiger partial charge >= 0.3 is 5.97 Å². The quantitative estimate of drug-likeness (QED) is 0.842. The first-order chi connectivity index (χ1) is 7.44. The van der Waals surface area contributed by atoms with Crippen molar-refractivity contribution in [2.45, 2.75) is 26.2 Å². The summed E-state index contributed by atoms with van der Waals surface area (Å²) >= 11 is 0. The molecule has 0 fully saturated rings. The van der Waals surface area contributed by atoms with Crippen molar-refractivity contribution < 1.29 is 14.3 Å². The number of carbonyl (C=O) groups is 1. The fourth-order valence-electron chi connectivity index (χ4n) is 1.88. The van der Waals surface area contributed by atoms with Gasteiger partial charge in [-0.15, -0.1) is 0 Å². The van der Waals surface area contributed by atoms with Crippen LogP contribution in [0.2, 0.25) is 0 Å². The number of aliphatic carboxylic acids is 1. The van der Waals surface area contributed by atoms with Crippen molar-refractivity contribution in [2.24, 2.45) is 0 Å². The Morgan fingerprint density at radius 2 is 2.06 bits per heavy atom.